The van der Waals surface area contributed by atoms with Gasteiger partial charge in [0, 0.05) is 12.7 Å². The molecular weight excluding hydrogens is 266 g/mol. The predicted octanol–water partition coefficient (Wildman–Crippen LogP) is 0.750. The summed E-state index contributed by atoms with van der Waals surface area (Å²) >= 11 is 0. The van der Waals surface area contributed by atoms with E-state index in [1.807, 2.05) is 0 Å². The van der Waals surface area contributed by atoms with Crippen molar-refractivity contribution in [3.8, 4) is 0 Å². The van der Waals surface area contributed by atoms with Crippen LogP contribution in [0.2, 0.25) is 0 Å². The fraction of sp³-hybridized carbons (Fsp3) is 0.533. The van der Waals surface area contributed by atoms with Crippen LogP contribution in [0.1, 0.15) is 18.5 Å². The minimum atomic E-state index is -0.112. The summed E-state index contributed by atoms with van der Waals surface area (Å²) in [4.78, 5) is 25.3. The first kappa shape index (κ1) is 14.2. The average Bonchev–Trinajstić information content (AvgIpc) is 2.50. The fourth-order valence-corrected chi connectivity index (χ4v) is 2.85. The smallest absolute Gasteiger partial charge is 0.258 e. The minimum absolute atomic E-state index is 0.112. The number of fused-ring (bicyclic) bond motifs is 1. The van der Waals surface area contributed by atoms with E-state index < -0.39 is 0 Å². The van der Waals surface area contributed by atoms with E-state index in [1.54, 1.807) is 12.3 Å². The zero-order chi connectivity index (χ0) is 14.7. The molecule has 3 rings (SSSR count). The van der Waals surface area contributed by atoms with Crippen LogP contribution in [0, 0.1) is 5.92 Å². The molecule has 0 saturated carbocycles. The average molecular weight is 287 g/mol. The van der Waals surface area contributed by atoms with Gasteiger partial charge in [0.2, 0.25) is 0 Å². The number of likely N-dealkylation sites (tertiary alicyclic amines) is 1. The number of aromatic amines is 1. The molecule has 1 aliphatic rings. The second-order valence-electron chi connectivity index (χ2n) is 5.76. The van der Waals surface area contributed by atoms with E-state index in [1.165, 1.54) is 32.3 Å². The van der Waals surface area contributed by atoms with Gasteiger partial charge in [-0.05, 0) is 51.5 Å². The zero-order valence-electron chi connectivity index (χ0n) is 12.3. The molecule has 2 aromatic rings. The second kappa shape index (κ2) is 6.32. The van der Waals surface area contributed by atoms with Crippen molar-refractivity contribution in [2.45, 2.75) is 19.4 Å². The van der Waals surface area contributed by atoms with Crippen molar-refractivity contribution < 1.29 is 0 Å². The number of pyridine rings is 1. The van der Waals surface area contributed by atoms with Crippen LogP contribution >= 0.6 is 0 Å². The maximum Gasteiger partial charge on any atom is 0.258 e. The summed E-state index contributed by atoms with van der Waals surface area (Å²) in [7, 11) is 2.17. The van der Waals surface area contributed by atoms with Gasteiger partial charge >= 0.3 is 0 Å². The summed E-state index contributed by atoms with van der Waals surface area (Å²) in [6.45, 7) is 4.00. The molecule has 0 spiro atoms. The third-order valence-corrected chi connectivity index (χ3v) is 4.20. The number of hydrogen-bond acceptors (Lipinski definition) is 5. The highest BCUT2D eigenvalue weighted by atomic mass is 16.1. The number of aromatic nitrogens is 3. The van der Waals surface area contributed by atoms with Gasteiger partial charge in [-0.15, -0.1) is 0 Å². The first-order valence-electron chi connectivity index (χ1n) is 7.44. The van der Waals surface area contributed by atoms with Crippen molar-refractivity contribution in [3.05, 3.63) is 34.6 Å². The van der Waals surface area contributed by atoms with Crippen LogP contribution in [0.15, 0.2) is 23.4 Å². The van der Waals surface area contributed by atoms with E-state index in [9.17, 15) is 4.79 Å². The maximum absolute atomic E-state index is 11.7. The molecule has 6 nitrogen and oxygen atoms in total. The van der Waals surface area contributed by atoms with Crippen LogP contribution in [0.4, 0.5) is 0 Å². The molecule has 0 radical (unpaired) electrons. The Morgan fingerprint density at radius 1 is 1.38 bits per heavy atom. The molecule has 1 fully saturated rings. The lowest BCUT2D eigenvalue weighted by atomic mass is 9.97. The normalized spacial score (nSPS) is 17.4. The van der Waals surface area contributed by atoms with E-state index in [2.05, 4.69) is 32.2 Å². The highest BCUT2D eigenvalue weighted by Gasteiger charge is 2.16. The highest BCUT2D eigenvalue weighted by Crippen LogP contribution is 2.15. The molecule has 0 atom stereocenters. The number of H-pyrrole nitrogens is 1. The summed E-state index contributed by atoms with van der Waals surface area (Å²) < 4.78 is 0. The summed E-state index contributed by atoms with van der Waals surface area (Å²) in [5.74, 6) is 0.729. The lowest BCUT2D eigenvalue weighted by Gasteiger charge is -2.29. The Kier molecular flexibility index (Phi) is 4.26. The largest absolute Gasteiger partial charge is 0.313 e. The van der Waals surface area contributed by atoms with E-state index in [4.69, 9.17) is 0 Å². The van der Waals surface area contributed by atoms with Crippen molar-refractivity contribution in [3.63, 3.8) is 0 Å². The molecule has 1 aliphatic heterocycles. The minimum Gasteiger partial charge on any atom is -0.313 e. The maximum atomic E-state index is 11.7. The summed E-state index contributed by atoms with van der Waals surface area (Å²) in [5.41, 5.74) is 1.42. The lowest BCUT2D eigenvalue weighted by molar-refractivity contribution is 0.216. The Hall–Kier alpha value is -1.79. The standard InChI is InChI=1S/C15H21N5O/c1-20-6-3-11(4-7-20)8-16-9-13-14-12(2-5-17-13)15(21)19-10-18-14/h2,5,10-11,16H,3-4,6-9H2,1H3,(H,18,19,21). The molecule has 0 amide bonds. The Bertz CT molecular complexity index is 660. The van der Waals surface area contributed by atoms with Gasteiger partial charge in [0.05, 0.1) is 17.4 Å². The molecule has 1 saturated heterocycles. The fourth-order valence-electron chi connectivity index (χ4n) is 2.85. The molecule has 0 aliphatic carbocycles. The molecule has 2 N–H and O–H groups in total. The van der Waals surface area contributed by atoms with Gasteiger partial charge < -0.3 is 15.2 Å². The van der Waals surface area contributed by atoms with Gasteiger partial charge in [-0.3, -0.25) is 9.78 Å². The molecule has 2 aromatic heterocycles. The van der Waals surface area contributed by atoms with Gasteiger partial charge in [0.25, 0.3) is 5.56 Å². The molecule has 6 heteroatoms. The van der Waals surface area contributed by atoms with Crippen molar-refractivity contribution >= 4 is 10.9 Å². The first-order valence-corrected chi connectivity index (χ1v) is 7.44. The Labute approximate surface area is 123 Å². The van der Waals surface area contributed by atoms with Crippen LogP contribution in [-0.4, -0.2) is 46.5 Å². The number of piperidine rings is 1. The van der Waals surface area contributed by atoms with Gasteiger partial charge in [-0.2, -0.15) is 0 Å². The second-order valence-corrected chi connectivity index (χ2v) is 5.76. The molecule has 0 aromatic carbocycles. The van der Waals surface area contributed by atoms with Gasteiger partial charge in [0.15, 0.2) is 0 Å². The molecule has 112 valence electrons. The van der Waals surface area contributed by atoms with Crippen LogP contribution in [-0.2, 0) is 6.54 Å². The molecule has 0 unspecified atom stereocenters. The molecule has 3 heterocycles. The number of nitrogens with zero attached hydrogens (tertiary/aromatic N) is 3. The van der Waals surface area contributed by atoms with Crippen molar-refractivity contribution in [1.82, 2.24) is 25.2 Å². The third kappa shape index (κ3) is 3.28. The predicted molar refractivity (Wildman–Crippen MR) is 82.1 cm³/mol. The Balaban J connectivity index is 1.63. The van der Waals surface area contributed by atoms with E-state index in [0.717, 1.165) is 18.2 Å². The number of nitrogens with one attached hydrogen (secondary N) is 2. The monoisotopic (exact) mass is 287 g/mol. The lowest BCUT2D eigenvalue weighted by Crippen LogP contribution is -2.34. The van der Waals surface area contributed by atoms with Crippen LogP contribution in [0.5, 0.6) is 0 Å². The van der Waals surface area contributed by atoms with E-state index in [0.29, 0.717) is 17.4 Å². The number of rotatable bonds is 4. The van der Waals surface area contributed by atoms with E-state index >= 15 is 0 Å². The summed E-state index contributed by atoms with van der Waals surface area (Å²) in [6.07, 6.45) is 5.59. The zero-order valence-corrected chi connectivity index (χ0v) is 12.3. The number of hydrogen-bond donors (Lipinski definition) is 2. The summed E-state index contributed by atoms with van der Waals surface area (Å²) in [6, 6.07) is 1.71. The van der Waals surface area contributed by atoms with Crippen molar-refractivity contribution in [2.24, 2.45) is 5.92 Å². The molecular formula is C15H21N5O. The van der Waals surface area contributed by atoms with Crippen LogP contribution < -0.4 is 10.9 Å². The van der Waals surface area contributed by atoms with Gasteiger partial charge in [-0.1, -0.05) is 0 Å². The van der Waals surface area contributed by atoms with Crippen LogP contribution in [0.3, 0.4) is 0 Å². The molecule has 21 heavy (non-hydrogen) atoms. The van der Waals surface area contributed by atoms with E-state index in [-0.39, 0.29) is 5.56 Å². The quantitative estimate of drug-likeness (QED) is 0.868. The first-order chi connectivity index (χ1) is 10.2. The van der Waals surface area contributed by atoms with Crippen molar-refractivity contribution in [1.29, 1.82) is 0 Å². The third-order valence-electron chi connectivity index (χ3n) is 4.20. The van der Waals surface area contributed by atoms with Gasteiger partial charge in [0.1, 0.15) is 5.52 Å². The highest BCUT2D eigenvalue weighted by molar-refractivity contribution is 5.78. The molecule has 0 bridgehead atoms. The Morgan fingerprint density at radius 3 is 3.00 bits per heavy atom. The summed E-state index contributed by atoms with van der Waals surface area (Å²) in [5, 5.41) is 4.07. The SMILES string of the molecule is CN1CCC(CNCc2nccc3c(=O)[nH]cnc23)CC1. The van der Waals surface area contributed by atoms with Gasteiger partial charge in [-0.25, -0.2) is 4.98 Å². The van der Waals surface area contributed by atoms with Crippen molar-refractivity contribution in [2.75, 3.05) is 26.7 Å². The van der Waals surface area contributed by atoms with Crippen LogP contribution in [0.25, 0.3) is 10.9 Å². The topological polar surface area (TPSA) is 73.9 Å². The Morgan fingerprint density at radius 2 is 2.19 bits per heavy atom.